The van der Waals surface area contributed by atoms with E-state index in [9.17, 15) is 14.9 Å². The molecule has 0 aromatic heterocycles. The van der Waals surface area contributed by atoms with Crippen LogP contribution < -0.4 is 10.2 Å². The molecule has 0 aliphatic carbocycles. The van der Waals surface area contributed by atoms with Crippen molar-refractivity contribution < 1.29 is 14.5 Å². The van der Waals surface area contributed by atoms with Gasteiger partial charge in [-0.15, -0.1) is 0 Å². The summed E-state index contributed by atoms with van der Waals surface area (Å²) in [5.41, 5.74) is 2.47. The molecule has 7 nitrogen and oxygen atoms in total. The Bertz CT molecular complexity index is 824. The molecule has 0 fully saturated rings. The van der Waals surface area contributed by atoms with Crippen LogP contribution in [0.3, 0.4) is 0 Å². The Balaban J connectivity index is 2.22. The zero-order valence-corrected chi connectivity index (χ0v) is 13.8. The maximum Gasteiger partial charge on any atom is 0.278 e. The van der Waals surface area contributed by atoms with E-state index in [1.807, 2.05) is 0 Å². The molecule has 0 aliphatic heterocycles. The Labute approximate surface area is 147 Å². The molecule has 1 amide bonds. The standard InChI is InChI=1S/C15H11Cl2N3O4/c1-24-14-11(6-10(16)7-12(14)17)15(21)19-18-8-9-4-2-3-5-13(9)20(22)23/h2-8H,1H3,(H,19,21)/b18-8+. The van der Waals surface area contributed by atoms with E-state index in [4.69, 9.17) is 27.9 Å². The van der Waals surface area contributed by atoms with Gasteiger partial charge in [0.2, 0.25) is 0 Å². The molecule has 0 heterocycles. The summed E-state index contributed by atoms with van der Waals surface area (Å²) in [6, 6.07) is 8.81. The van der Waals surface area contributed by atoms with Crippen molar-refractivity contribution in [2.75, 3.05) is 7.11 Å². The number of amides is 1. The molecule has 2 aromatic rings. The highest BCUT2D eigenvalue weighted by Crippen LogP contribution is 2.32. The summed E-state index contributed by atoms with van der Waals surface area (Å²) in [5, 5.41) is 15.1. The molecular formula is C15H11Cl2N3O4. The van der Waals surface area contributed by atoms with Gasteiger partial charge in [0.1, 0.15) is 5.75 Å². The van der Waals surface area contributed by atoms with Crippen molar-refractivity contribution in [3.63, 3.8) is 0 Å². The number of nitrogens with zero attached hydrogens (tertiary/aromatic N) is 2. The molecule has 2 rings (SSSR count). The molecule has 0 atom stereocenters. The summed E-state index contributed by atoms with van der Waals surface area (Å²) in [6.07, 6.45) is 1.18. The van der Waals surface area contributed by atoms with E-state index in [0.29, 0.717) is 0 Å². The molecule has 124 valence electrons. The minimum Gasteiger partial charge on any atom is -0.494 e. The third-order valence-electron chi connectivity index (χ3n) is 2.96. The van der Waals surface area contributed by atoms with Gasteiger partial charge in [0.15, 0.2) is 0 Å². The van der Waals surface area contributed by atoms with Crippen LogP contribution in [0.5, 0.6) is 5.75 Å². The minimum atomic E-state index is -0.619. The first-order chi connectivity index (χ1) is 11.4. The number of methoxy groups -OCH3 is 1. The average Bonchev–Trinajstić information content (AvgIpc) is 2.54. The van der Waals surface area contributed by atoms with E-state index in [1.54, 1.807) is 6.07 Å². The van der Waals surface area contributed by atoms with Crippen molar-refractivity contribution in [3.05, 3.63) is 67.7 Å². The predicted octanol–water partition coefficient (Wildman–Crippen LogP) is 3.67. The van der Waals surface area contributed by atoms with Gasteiger partial charge >= 0.3 is 0 Å². The van der Waals surface area contributed by atoms with E-state index in [2.05, 4.69) is 10.5 Å². The van der Waals surface area contributed by atoms with Crippen LogP contribution in [0.15, 0.2) is 41.5 Å². The van der Waals surface area contributed by atoms with Gasteiger partial charge in [-0.2, -0.15) is 5.10 Å². The molecule has 0 spiro atoms. The van der Waals surface area contributed by atoms with Crippen LogP contribution in [0.2, 0.25) is 10.0 Å². The summed E-state index contributed by atoms with van der Waals surface area (Å²) >= 11 is 11.8. The lowest BCUT2D eigenvalue weighted by atomic mass is 10.2. The third kappa shape index (κ3) is 4.01. The van der Waals surface area contributed by atoms with E-state index in [1.165, 1.54) is 43.7 Å². The number of hydrogen-bond acceptors (Lipinski definition) is 5. The lowest BCUT2D eigenvalue weighted by Crippen LogP contribution is -2.18. The molecule has 0 unspecified atom stereocenters. The lowest BCUT2D eigenvalue weighted by Gasteiger charge is -2.09. The van der Waals surface area contributed by atoms with Gasteiger partial charge in [-0.25, -0.2) is 5.43 Å². The monoisotopic (exact) mass is 367 g/mol. The summed E-state index contributed by atoms with van der Waals surface area (Å²) in [4.78, 5) is 22.6. The topological polar surface area (TPSA) is 93.8 Å². The maximum absolute atomic E-state index is 12.2. The van der Waals surface area contributed by atoms with Crippen LogP contribution in [0, 0.1) is 10.1 Å². The highest BCUT2D eigenvalue weighted by Gasteiger charge is 2.16. The van der Waals surface area contributed by atoms with Crippen molar-refractivity contribution in [2.45, 2.75) is 0 Å². The minimum absolute atomic E-state index is 0.0923. The first-order valence-electron chi connectivity index (χ1n) is 6.54. The zero-order valence-electron chi connectivity index (χ0n) is 12.3. The van der Waals surface area contributed by atoms with Gasteiger partial charge in [0.05, 0.1) is 34.4 Å². The number of nitrogens with one attached hydrogen (secondary N) is 1. The largest absolute Gasteiger partial charge is 0.494 e. The molecule has 9 heteroatoms. The van der Waals surface area contributed by atoms with E-state index >= 15 is 0 Å². The number of nitro benzene ring substituents is 1. The highest BCUT2D eigenvalue weighted by molar-refractivity contribution is 6.36. The maximum atomic E-state index is 12.2. The molecule has 24 heavy (non-hydrogen) atoms. The van der Waals surface area contributed by atoms with Gasteiger partial charge in [0.25, 0.3) is 11.6 Å². The molecule has 0 radical (unpaired) electrons. The Kier molecular flexibility index (Phi) is 5.73. The van der Waals surface area contributed by atoms with Gasteiger partial charge in [0, 0.05) is 11.1 Å². The number of ether oxygens (including phenoxy) is 1. The van der Waals surface area contributed by atoms with Gasteiger partial charge in [-0.3, -0.25) is 14.9 Å². The quantitative estimate of drug-likeness (QED) is 0.495. The number of rotatable bonds is 5. The number of hydrogen-bond donors (Lipinski definition) is 1. The Hall–Kier alpha value is -2.64. The van der Waals surface area contributed by atoms with Crippen LogP contribution in [0.25, 0.3) is 0 Å². The average molecular weight is 368 g/mol. The number of para-hydroxylation sites is 1. The summed E-state index contributed by atoms with van der Waals surface area (Å²) < 4.78 is 5.07. The van der Waals surface area contributed by atoms with Crippen LogP contribution in [0.4, 0.5) is 5.69 Å². The van der Waals surface area contributed by atoms with Crippen LogP contribution in [-0.4, -0.2) is 24.2 Å². The lowest BCUT2D eigenvalue weighted by molar-refractivity contribution is -0.385. The molecule has 2 aromatic carbocycles. The number of carbonyl (C=O) groups excluding carboxylic acids is 1. The second-order valence-electron chi connectivity index (χ2n) is 4.48. The summed E-state index contributed by atoms with van der Waals surface area (Å²) in [7, 11) is 1.36. The van der Waals surface area contributed by atoms with Gasteiger partial charge in [-0.05, 0) is 18.2 Å². The molecule has 0 saturated carbocycles. The first kappa shape index (κ1) is 17.7. The van der Waals surface area contributed by atoms with Gasteiger partial charge < -0.3 is 4.74 Å². The van der Waals surface area contributed by atoms with Crippen molar-refractivity contribution in [1.82, 2.24) is 5.43 Å². The Morgan fingerprint density at radius 3 is 2.71 bits per heavy atom. The van der Waals surface area contributed by atoms with Crippen molar-refractivity contribution in [3.8, 4) is 5.75 Å². The number of carbonyl (C=O) groups is 1. The SMILES string of the molecule is COc1c(Cl)cc(Cl)cc1C(=O)N/N=C/c1ccccc1[N+](=O)[O-]. The third-order valence-corrected chi connectivity index (χ3v) is 3.46. The van der Waals surface area contributed by atoms with E-state index < -0.39 is 10.8 Å². The second kappa shape index (κ2) is 7.76. The second-order valence-corrected chi connectivity index (χ2v) is 5.33. The van der Waals surface area contributed by atoms with Crippen LogP contribution >= 0.6 is 23.2 Å². The molecule has 0 saturated heterocycles. The van der Waals surface area contributed by atoms with E-state index in [-0.39, 0.29) is 32.6 Å². The molecule has 0 aliphatic rings. The van der Waals surface area contributed by atoms with E-state index in [0.717, 1.165) is 0 Å². The summed E-state index contributed by atoms with van der Waals surface area (Å²) in [6.45, 7) is 0. The van der Waals surface area contributed by atoms with Crippen LogP contribution in [0.1, 0.15) is 15.9 Å². The fourth-order valence-electron chi connectivity index (χ4n) is 1.92. The molecular weight excluding hydrogens is 357 g/mol. The molecule has 0 bridgehead atoms. The van der Waals surface area contributed by atoms with Crippen molar-refractivity contribution in [1.29, 1.82) is 0 Å². The number of nitro groups is 1. The highest BCUT2D eigenvalue weighted by atomic mass is 35.5. The van der Waals surface area contributed by atoms with Crippen LogP contribution in [-0.2, 0) is 0 Å². The number of benzene rings is 2. The van der Waals surface area contributed by atoms with Crippen molar-refractivity contribution >= 4 is 41.0 Å². The number of halogens is 2. The normalized spacial score (nSPS) is 10.6. The Morgan fingerprint density at radius 1 is 1.33 bits per heavy atom. The van der Waals surface area contributed by atoms with Crippen molar-refractivity contribution in [2.24, 2.45) is 5.10 Å². The predicted molar refractivity (Wildman–Crippen MR) is 91.2 cm³/mol. The fraction of sp³-hybridized carbons (Fsp3) is 0.0667. The zero-order chi connectivity index (χ0) is 17.7. The smallest absolute Gasteiger partial charge is 0.278 e. The summed E-state index contributed by atoms with van der Waals surface area (Å²) in [5.74, 6) is -0.467. The first-order valence-corrected chi connectivity index (χ1v) is 7.29. The number of hydrazone groups is 1. The Morgan fingerprint density at radius 2 is 2.04 bits per heavy atom. The fourth-order valence-corrected chi connectivity index (χ4v) is 2.49. The molecule has 1 N–H and O–H groups in total. The van der Waals surface area contributed by atoms with Gasteiger partial charge in [-0.1, -0.05) is 35.3 Å².